The Bertz CT molecular complexity index is 605. The van der Waals surface area contributed by atoms with Crippen LogP contribution in [0.5, 0.6) is 0 Å². The zero-order chi connectivity index (χ0) is 20.3. The molecule has 4 aliphatic carbocycles. The van der Waals surface area contributed by atoms with E-state index in [-0.39, 0.29) is 29.5 Å². The molecule has 0 aliphatic heterocycles. The summed E-state index contributed by atoms with van der Waals surface area (Å²) >= 11 is 0. The highest BCUT2D eigenvalue weighted by atomic mass is 16.4. The van der Waals surface area contributed by atoms with E-state index in [2.05, 4.69) is 20.8 Å². The second-order valence-corrected chi connectivity index (χ2v) is 11.3. The number of carboxylic acids is 1. The molecule has 4 aliphatic rings. The van der Waals surface area contributed by atoms with Crippen LogP contribution in [-0.2, 0) is 4.79 Å². The molecule has 0 bridgehead atoms. The molecule has 4 heteroatoms. The highest BCUT2D eigenvalue weighted by Crippen LogP contribution is 2.68. The van der Waals surface area contributed by atoms with Gasteiger partial charge in [0.25, 0.3) is 0 Å². The highest BCUT2D eigenvalue weighted by Gasteiger charge is 2.63. The molecule has 10 atom stereocenters. The molecule has 0 aromatic carbocycles. The SMILES string of the molecule is CC(CCC(=O)O)[C@H]1CC[C@H]2C3CC[C@@H]4CC(O)CC[C@]4(C)C3CC(O)[C@]12C. The lowest BCUT2D eigenvalue weighted by Gasteiger charge is -2.62. The van der Waals surface area contributed by atoms with Crippen LogP contribution >= 0.6 is 0 Å². The fourth-order valence-electron chi connectivity index (χ4n) is 8.71. The lowest BCUT2D eigenvalue weighted by Crippen LogP contribution is -2.58. The minimum atomic E-state index is -0.707. The topological polar surface area (TPSA) is 77.8 Å². The first kappa shape index (κ1) is 20.7. The van der Waals surface area contributed by atoms with E-state index in [0.29, 0.717) is 35.5 Å². The molecule has 4 fully saturated rings. The van der Waals surface area contributed by atoms with Gasteiger partial charge in [-0.15, -0.1) is 0 Å². The van der Waals surface area contributed by atoms with E-state index in [4.69, 9.17) is 5.11 Å². The van der Waals surface area contributed by atoms with Crippen LogP contribution in [0.1, 0.15) is 85.0 Å². The molecule has 0 heterocycles. The number of aliphatic hydroxyl groups excluding tert-OH is 2. The molecule has 0 aromatic rings. The van der Waals surface area contributed by atoms with Gasteiger partial charge in [-0.05, 0) is 104 Å². The summed E-state index contributed by atoms with van der Waals surface area (Å²) in [6.07, 6.45) is 9.26. The Kier molecular flexibility index (Phi) is 5.36. The number of aliphatic hydroxyl groups is 2. The predicted octanol–water partition coefficient (Wildman–Crippen LogP) is 4.48. The molecule has 28 heavy (non-hydrogen) atoms. The van der Waals surface area contributed by atoms with Crippen LogP contribution < -0.4 is 0 Å². The average molecular weight is 393 g/mol. The van der Waals surface area contributed by atoms with Gasteiger partial charge in [0.15, 0.2) is 0 Å². The molecule has 0 radical (unpaired) electrons. The van der Waals surface area contributed by atoms with Gasteiger partial charge >= 0.3 is 5.97 Å². The third-order valence-electron chi connectivity index (χ3n) is 10.3. The van der Waals surface area contributed by atoms with Gasteiger partial charge in [-0.3, -0.25) is 4.79 Å². The Morgan fingerprint density at radius 3 is 2.50 bits per heavy atom. The van der Waals surface area contributed by atoms with Crippen molar-refractivity contribution in [2.24, 2.45) is 46.3 Å². The first-order valence-corrected chi connectivity index (χ1v) is 11.8. The fraction of sp³-hybridized carbons (Fsp3) is 0.958. The van der Waals surface area contributed by atoms with E-state index in [1.54, 1.807) is 0 Å². The zero-order valence-electron chi connectivity index (χ0n) is 17.9. The number of hydrogen-bond donors (Lipinski definition) is 3. The molecule has 160 valence electrons. The maximum atomic E-state index is 11.5. The van der Waals surface area contributed by atoms with Crippen molar-refractivity contribution in [1.29, 1.82) is 0 Å². The number of aliphatic carboxylic acids is 1. The van der Waals surface area contributed by atoms with E-state index in [1.165, 1.54) is 19.3 Å². The monoisotopic (exact) mass is 392 g/mol. The molecule has 0 amide bonds. The summed E-state index contributed by atoms with van der Waals surface area (Å²) < 4.78 is 0. The van der Waals surface area contributed by atoms with E-state index >= 15 is 0 Å². The highest BCUT2D eigenvalue weighted by molar-refractivity contribution is 5.66. The van der Waals surface area contributed by atoms with Gasteiger partial charge in [0.1, 0.15) is 0 Å². The van der Waals surface area contributed by atoms with Crippen molar-refractivity contribution in [2.45, 2.75) is 97.2 Å². The van der Waals surface area contributed by atoms with Crippen molar-refractivity contribution in [3.8, 4) is 0 Å². The van der Waals surface area contributed by atoms with Gasteiger partial charge in [0.05, 0.1) is 12.2 Å². The maximum Gasteiger partial charge on any atom is 0.303 e. The van der Waals surface area contributed by atoms with Crippen LogP contribution in [0, 0.1) is 46.3 Å². The van der Waals surface area contributed by atoms with Crippen LogP contribution in [0.25, 0.3) is 0 Å². The molecule has 4 saturated carbocycles. The van der Waals surface area contributed by atoms with Crippen molar-refractivity contribution < 1.29 is 20.1 Å². The molecule has 4 rings (SSSR count). The number of carboxylic acid groups (broad SMARTS) is 1. The third-order valence-corrected chi connectivity index (χ3v) is 10.3. The Morgan fingerprint density at radius 1 is 1.04 bits per heavy atom. The quantitative estimate of drug-likeness (QED) is 0.659. The van der Waals surface area contributed by atoms with Gasteiger partial charge in [0.2, 0.25) is 0 Å². The standard InChI is InChI=1S/C24H40O4/c1-14(4-9-22(27)28)18-7-8-19-17-6-5-15-12-16(25)10-11-23(15,2)20(17)13-21(26)24(18,19)3/h14-21,25-26H,4-13H2,1-3H3,(H,27,28)/t14?,15-,16?,17?,18-,19+,20?,21?,23+,24-/m1/s1. The van der Waals surface area contributed by atoms with Crippen LogP contribution in [0.15, 0.2) is 0 Å². The van der Waals surface area contributed by atoms with Crippen LogP contribution in [0.4, 0.5) is 0 Å². The molecule has 0 spiro atoms. The van der Waals surface area contributed by atoms with Crippen molar-refractivity contribution >= 4 is 5.97 Å². The molecular formula is C24H40O4. The Balaban J connectivity index is 1.56. The third kappa shape index (κ3) is 3.05. The predicted molar refractivity (Wildman–Crippen MR) is 109 cm³/mol. The van der Waals surface area contributed by atoms with Gasteiger partial charge in [-0.1, -0.05) is 20.8 Å². The molecular weight excluding hydrogens is 352 g/mol. The maximum absolute atomic E-state index is 11.5. The van der Waals surface area contributed by atoms with Crippen molar-refractivity contribution in [3.05, 3.63) is 0 Å². The summed E-state index contributed by atoms with van der Waals surface area (Å²) in [5.41, 5.74) is 0.216. The van der Waals surface area contributed by atoms with Crippen LogP contribution in [0.3, 0.4) is 0 Å². The minimum absolute atomic E-state index is 0.0591. The van der Waals surface area contributed by atoms with E-state index in [0.717, 1.165) is 38.5 Å². The number of hydrogen-bond acceptors (Lipinski definition) is 3. The number of rotatable bonds is 4. The van der Waals surface area contributed by atoms with Crippen molar-refractivity contribution in [1.82, 2.24) is 0 Å². The summed E-state index contributed by atoms with van der Waals surface area (Å²) in [5, 5.41) is 30.8. The summed E-state index contributed by atoms with van der Waals surface area (Å²) in [5.74, 6) is 2.55. The zero-order valence-corrected chi connectivity index (χ0v) is 17.9. The number of carbonyl (C=O) groups is 1. The first-order valence-electron chi connectivity index (χ1n) is 11.8. The van der Waals surface area contributed by atoms with Crippen molar-refractivity contribution in [2.75, 3.05) is 0 Å². The lowest BCUT2D eigenvalue weighted by atomic mass is 9.43. The smallest absolute Gasteiger partial charge is 0.303 e. The van der Waals surface area contributed by atoms with E-state index in [9.17, 15) is 15.0 Å². The number of fused-ring (bicyclic) bond motifs is 5. The second-order valence-electron chi connectivity index (χ2n) is 11.3. The van der Waals surface area contributed by atoms with Crippen LogP contribution in [-0.4, -0.2) is 33.5 Å². The summed E-state index contributed by atoms with van der Waals surface area (Å²) in [6, 6.07) is 0. The van der Waals surface area contributed by atoms with Crippen LogP contribution in [0.2, 0.25) is 0 Å². The Hall–Kier alpha value is -0.610. The van der Waals surface area contributed by atoms with Gasteiger partial charge < -0.3 is 15.3 Å². The lowest BCUT2D eigenvalue weighted by molar-refractivity contribution is -0.175. The summed E-state index contributed by atoms with van der Waals surface area (Å²) in [6.45, 7) is 6.99. The Morgan fingerprint density at radius 2 is 1.79 bits per heavy atom. The largest absolute Gasteiger partial charge is 0.481 e. The summed E-state index contributed by atoms with van der Waals surface area (Å²) in [7, 11) is 0. The van der Waals surface area contributed by atoms with Crippen molar-refractivity contribution in [3.63, 3.8) is 0 Å². The molecule has 0 saturated heterocycles. The van der Waals surface area contributed by atoms with E-state index in [1.807, 2.05) is 0 Å². The molecule has 4 nitrogen and oxygen atoms in total. The fourth-order valence-corrected chi connectivity index (χ4v) is 8.71. The molecule has 0 aromatic heterocycles. The summed E-state index contributed by atoms with van der Waals surface area (Å²) in [4.78, 5) is 11.1. The Labute approximate surface area is 170 Å². The van der Waals surface area contributed by atoms with Gasteiger partial charge in [-0.2, -0.15) is 0 Å². The minimum Gasteiger partial charge on any atom is -0.481 e. The van der Waals surface area contributed by atoms with Gasteiger partial charge in [-0.25, -0.2) is 0 Å². The van der Waals surface area contributed by atoms with Gasteiger partial charge in [0, 0.05) is 6.42 Å². The normalized spacial score (nSPS) is 51.7. The van der Waals surface area contributed by atoms with E-state index < -0.39 is 5.97 Å². The second kappa shape index (κ2) is 7.27. The average Bonchev–Trinajstić information content (AvgIpc) is 3.00. The molecule has 3 N–H and O–H groups in total. The molecule has 5 unspecified atom stereocenters. The first-order chi connectivity index (χ1) is 13.2.